The fourth-order valence-electron chi connectivity index (χ4n) is 4.89. The van der Waals surface area contributed by atoms with E-state index in [-0.39, 0.29) is 17.7 Å². The molecule has 2 aromatic rings. The van der Waals surface area contributed by atoms with Gasteiger partial charge in [0.2, 0.25) is 0 Å². The van der Waals surface area contributed by atoms with Gasteiger partial charge in [-0.3, -0.25) is 4.79 Å². The first-order chi connectivity index (χ1) is 13.6. The van der Waals surface area contributed by atoms with Crippen molar-refractivity contribution in [3.05, 3.63) is 51.0 Å². The van der Waals surface area contributed by atoms with Gasteiger partial charge in [0, 0.05) is 19.0 Å². The van der Waals surface area contributed by atoms with Crippen LogP contribution in [0.4, 0.5) is 13.2 Å². The Labute approximate surface area is 171 Å². The Bertz CT molecular complexity index is 942. The highest BCUT2D eigenvalue weighted by atomic mass is 32.1. The number of alkyl halides is 3. The second-order valence-electron chi connectivity index (χ2n) is 8.12. The van der Waals surface area contributed by atoms with Crippen LogP contribution >= 0.6 is 11.3 Å². The minimum absolute atomic E-state index is 0.0709. The molecular formula is C21H23F3N2O2S. The van der Waals surface area contributed by atoms with Gasteiger partial charge >= 0.3 is 6.18 Å². The summed E-state index contributed by atoms with van der Waals surface area (Å²) in [5, 5.41) is 12.3. The maximum absolute atomic E-state index is 13.2. The summed E-state index contributed by atoms with van der Waals surface area (Å²) in [4.78, 5) is 19.7. The van der Waals surface area contributed by atoms with Crippen LogP contribution in [0.1, 0.15) is 50.8 Å². The molecule has 2 heterocycles. The highest BCUT2D eigenvalue weighted by Gasteiger charge is 2.51. The van der Waals surface area contributed by atoms with Crippen molar-refractivity contribution in [3.8, 4) is 0 Å². The van der Waals surface area contributed by atoms with Gasteiger partial charge in [-0.05, 0) is 56.7 Å². The Hall–Kier alpha value is -1.93. The van der Waals surface area contributed by atoms with E-state index in [0.717, 1.165) is 23.6 Å². The molecule has 1 aliphatic heterocycles. The number of hydrogen-bond acceptors (Lipinski definition) is 4. The second kappa shape index (κ2) is 7.09. The van der Waals surface area contributed by atoms with Crippen LogP contribution in [0.15, 0.2) is 24.3 Å². The third-order valence-electron chi connectivity index (χ3n) is 6.26. The van der Waals surface area contributed by atoms with Crippen LogP contribution in [-0.2, 0) is 11.8 Å². The van der Waals surface area contributed by atoms with Crippen LogP contribution in [-0.4, -0.2) is 34.0 Å². The molecular weight excluding hydrogens is 401 g/mol. The lowest BCUT2D eigenvalue weighted by molar-refractivity contribution is -0.138. The lowest BCUT2D eigenvalue weighted by Crippen LogP contribution is -2.43. The van der Waals surface area contributed by atoms with E-state index in [1.54, 1.807) is 17.9 Å². The molecule has 3 atom stereocenters. The van der Waals surface area contributed by atoms with Crippen LogP contribution < -0.4 is 0 Å². The summed E-state index contributed by atoms with van der Waals surface area (Å²) in [6.45, 7) is 4.51. The summed E-state index contributed by atoms with van der Waals surface area (Å²) in [5.74, 6) is -0.312. The van der Waals surface area contributed by atoms with Crippen LogP contribution in [0.2, 0.25) is 0 Å². The van der Waals surface area contributed by atoms with Gasteiger partial charge in [0.15, 0.2) is 0 Å². The third-order valence-corrected chi connectivity index (χ3v) is 7.32. The van der Waals surface area contributed by atoms with Crippen molar-refractivity contribution >= 4 is 17.2 Å². The zero-order valence-corrected chi connectivity index (χ0v) is 17.1. The van der Waals surface area contributed by atoms with E-state index in [2.05, 4.69) is 4.98 Å². The van der Waals surface area contributed by atoms with Gasteiger partial charge < -0.3 is 10.0 Å². The number of carbonyl (C=O) groups is 1. The van der Waals surface area contributed by atoms with E-state index in [1.807, 2.05) is 6.92 Å². The molecule has 0 bridgehead atoms. The van der Waals surface area contributed by atoms with Crippen molar-refractivity contribution in [1.29, 1.82) is 0 Å². The number of benzene rings is 1. The molecule has 1 aromatic carbocycles. The number of aromatic nitrogens is 1. The molecule has 0 radical (unpaired) electrons. The molecule has 156 valence electrons. The number of likely N-dealkylation sites (tertiary alicyclic amines) is 1. The number of halogens is 3. The van der Waals surface area contributed by atoms with Gasteiger partial charge in [-0.25, -0.2) is 4.98 Å². The molecule has 1 saturated heterocycles. The van der Waals surface area contributed by atoms with Crippen molar-refractivity contribution in [3.63, 3.8) is 0 Å². The fraction of sp³-hybridized carbons (Fsp3) is 0.524. The Kier molecular flexibility index (Phi) is 4.98. The number of aliphatic hydroxyl groups is 1. The molecule has 1 amide bonds. The molecule has 1 N–H and O–H groups in total. The van der Waals surface area contributed by atoms with Crippen molar-refractivity contribution < 1.29 is 23.1 Å². The standard InChI is InChI=1S/C21H23F3N2O2S/c1-12-18(29-13(2)25-12)19(27)26-10-14-5-4-8-20(28,17(14)11-26)15-6-3-7-16(9-15)21(22,23)24/h3,6-7,9,14,17,28H,4-5,8,10-11H2,1-2H3. The molecule has 0 spiro atoms. The molecule has 1 aromatic heterocycles. The minimum Gasteiger partial charge on any atom is -0.385 e. The average molecular weight is 424 g/mol. The fourth-order valence-corrected chi connectivity index (χ4v) is 5.77. The Balaban J connectivity index is 1.63. The van der Waals surface area contributed by atoms with E-state index in [4.69, 9.17) is 0 Å². The Morgan fingerprint density at radius 1 is 1.31 bits per heavy atom. The quantitative estimate of drug-likeness (QED) is 0.770. The summed E-state index contributed by atoms with van der Waals surface area (Å²) < 4.78 is 39.6. The molecule has 8 heteroatoms. The number of amides is 1. The number of hydrogen-bond donors (Lipinski definition) is 1. The summed E-state index contributed by atoms with van der Waals surface area (Å²) in [6.07, 6.45) is -2.49. The molecule has 3 unspecified atom stereocenters. The van der Waals surface area contributed by atoms with Crippen LogP contribution in [0, 0.1) is 25.7 Å². The molecule has 4 rings (SSSR count). The van der Waals surface area contributed by atoms with Gasteiger partial charge in [-0.2, -0.15) is 13.2 Å². The lowest BCUT2D eigenvalue weighted by Gasteiger charge is -2.41. The van der Waals surface area contributed by atoms with E-state index in [1.165, 1.54) is 17.4 Å². The Morgan fingerprint density at radius 3 is 2.72 bits per heavy atom. The zero-order chi connectivity index (χ0) is 21.0. The molecule has 1 saturated carbocycles. The molecule has 2 fully saturated rings. The summed E-state index contributed by atoms with van der Waals surface area (Å²) in [7, 11) is 0. The number of carbonyl (C=O) groups excluding carboxylic acids is 1. The number of thiazole rings is 1. The van der Waals surface area contributed by atoms with Gasteiger partial charge in [0.05, 0.1) is 21.9 Å². The van der Waals surface area contributed by atoms with Crippen LogP contribution in [0.5, 0.6) is 0 Å². The predicted octanol–water partition coefficient (Wildman–Crippen LogP) is 4.54. The third kappa shape index (κ3) is 3.57. The van der Waals surface area contributed by atoms with E-state index >= 15 is 0 Å². The topological polar surface area (TPSA) is 53.4 Å². The maximum atomic E-state index is 13.2. The number of aryl methyl sites for hydroxylation is 2. The van der Waals surface area contributed by atoms with Gasteiger partial charge in [-0.1, -0.05) is 12.1 Å². The van der Waals surface area contributed by atoms with Crippen molar-refractivity contribution in [1.82, 2.24) is 9.88 Å². The highest BCUT2D eigenvalue weighted by Crippen LogP contribution is 2.49. The van der Waals surface area contributed by atoms with Crippen molar-refractivity contribution in [2.75, 3.05) is 13.1 Å². The largest absolute Gasteiger partial charge is 0.416 e. The normalized spacial score (nSPS) is 27.2. The first-order valence-electron chi connectivity index (χ1n) is 9.73. The van der Waals surface area contributed by atoms with Crippen LogP contribution in [0.3, 0.4) is 0 Å². The lowest BCUT2D eigenvalue weighted by atomic mass is 9.67. The second-order valence-corrected chi connectivity index (χ2v) is 9.32. The summed E-state index contributed by atoms with van der Waals surface area (Å²) >= 11 is 1.35. The first-order valence-corrected chi connectivity index (χ1v) is 10.5. The number of rotatable bonds is 2. The molecule has 29 heavy (non-hydrogen) atoms. The summed E-state index contributed by atoms with van der Waals surface area (Å²) in [6, 6.07) is 5.00. The highest BCUT2D eigenvalue weighted by molar-refractivity contribution is 7.13. The van der Waals surface area contributed by atoms with Gasteiger partial charge in [0.25, 0.3) is 5.91 Å². The van der Waals surface area contributed by atoms with Crippen molar-refractivity contribution in [2.24, 2.45) is 11.8 Å². The zero-order valence-electron chi connectivity index (χ0n) is 16.3. The van der Waals surface area contributed by atoms with E-state index in [0.29, 0.717) is 42.1 Å². The van der Waals surface area contributed by atoms with E-state index < -0.39 is 17.3 Å². The average Bonchev–Trinajstić information content (AvgIpc) is 3.24. The van der Waals surface area contributed by atoms with Crippen LogP contribution in [0.25, 0.3) is 0 Å². The predicted molar refractivity (Wildman–Crippen MR) is 104 cm³/mol. The number of fused-ring (bicyclic) bond motifs is 1. The molecule has 2 aliphatic rings. The van der Waals surface area contributed by atoms with E-state index in [9.17, 15) is 23.1 Å². The van der Waals surface area contributed by atoms with Gasteiger partial charge in [0.1, 0.15) is 4.88 Å². The van der Waals surface area contributed by atoms with Gasteiger partial charge in [-0.15, -0.1) is 11.3 Å². The Morgan fingerprint density at radius 2 is 2.07 bits per heavy atom. The van der Waals surface area contributed by atoms with Crippen molar-refractivity contribution in [2.45, 2.75) is 44.9 Å². The SMILES string of the molecule is Cc1nc(C)c(C(=O)N2CC3CCCC(O)(c4cccc(C(F)(F)F)c4)C3C2)s1. The first kappa shape index (κ1) is 20.3. The molecule has 1 aliphatic carbocycles. The monoisotopic (exact) mass is 424 g/mol. The molecule has 4 nitrogen and oxygen atoms in total. The summed E-state index contributed by atoms with van der Waals surface area (Å²) in [5.41, 5.74) is -1.13. The minimum atomic E-state index is -4.46. The maximum Gasteiger partial charge on any atom is 0.416 e. The smallest absolute Gasteiger partial charge is 0.385 e. The number of nitrogens with zero attached hydrogens (tertiary/aromatic N) is 2.